The van der Waals surface area contributed by atoms with E-state index >= 15 is 0 Å². The van der Waals surface area contributed by atoms with Gasteiger partial charge >= 0.3 is 0 Å². The lowest BCUT2D eigenvalue weighted by Crippen LogP contribution is -2.18. The highest BCUT2D eigenvalue weighted by Crippen LogP contribution is 2.19. The number of aromatic amines is 1. The number of nitrogens with one attached hydrogen (secondary N) is 2. The van der Waals surface area contributed by atoms with E-state index in [1.807, 2.05) is 12.1 Å². The highest BCUT2D eigenvalue weighted by Gasteiger charge is 2.09. The minimum Gasteiger partial charge on any atom is -0.326 e. The highest BCUT2D eigenvalue weighted by molar-refractivity contribution is 9.10. The number of H-pyrrole nitrogens is 1. The minimum atomic E-state index is -0.321. The molecule has 0 saturated heterocycles. The van der Waals surface area contributed by atoms with Crippen molar-refractivity contribution in [3.63, 3.8) is 0 Å². The molecule has 0 fully saturated rings. The van der Waals surface area contributed by atoms with E-state index in [9.17, 15) is 14.0 Å². The van der Waals surface area contributed by atoms with Gasteiger partial charge in [-0.15, -0.1) is 0 Å². The number of rotatable bonds is 6. The molecule has 0 spiro atoms. The van der Waals surface area contributed by atoms with Crippen molar-refractivity contribution in [2.45, 2.75) is 17.3 Å². The molecule has 5 nitrogen and oxygen atoms in total. The van der Waals surface area contributed by atoms with Gasteiger partial charge in [-0.1, -0.05) is 39.8 Å². The molecular formula is C19H15BrFN3O2S. The van der Waals surface area contributed by atoms with Crippen LogP contribution in [0.15, 0.2) is 69.0 Å². The number of anilines is 1. The zero-order valence-electron chi connectivity index (χ0n) is 14.0. The lowest BCUT2D eigenvalue weighted by molar-refractivity contribution is -0.115. The molecule has 2 aromatic carbocycles. The topological polar surface area (TPSA) is 74.8 Å². The molecule has 2 N–H and O–H groups in total. The summed E-state index contributed by atoms with van der Waals surface area (Å²) in [7, 11) is 0. The van der Waals surface area contributed by atoms with Gasteiger partial charge in [0.1, 0.15) is 5.82 Å². The Bertz CT molecular complexity index is 991. The van der Waals surface area contributed by atoms with Gasteiger partial charge in [-0.05, 0) is 42.0 Å². The van der Waals surface area contributed by atoms with Crippen molar-refractivity contribution in [2.24, 2.45) is 0 Å². The van der Waals surface area contributed by atoms with Gasteiger partial charge in [0.05, 0.1) is 12.1 Å². The van der Waals surface area contributed by atoms with E-state index in [-0.39, 0.29) is 23.7 Å². The summed E-state index contributed by atoms with van der Waals surface area (Å²) >= 11 is 4.65. The lowest BCUT2D eigenvalue weighted by atomic mass is 10.2. The van der Waals surface area contributed by atoms with Crippen LogP contribution in [0, 0.1) is 5.82 Å². The standard InChI is InChI=1S/C19H15BrFN3O2S/c20-13-3-7-15(8-4-13)22-17(25)9-16-10-18(26)24-19(23-16)27-11-12-1-5-14(21)6-2-12/h1-8,10H,9,11H2,(H,22,25)(H,23,24,26). The van der Waals surface area contributed by atoms with E-state index in [0.29, 0.717) is 22.3 Å². The summed E-state index contributed by atoms with van der Waals surface area (Å²) in [6.07, 6.45) is -0.00983. The van der Waals surface area contributed by atoms with E-state index in [2.05, 4.69) is 31.2 Å². The van der Waals surface area contributed by atoms with Gasteiger partial charge in [0.25, 0.3) is 5.56 Å². The van der Waals surface area contributed by atoms with E-state index in [1.54, 1.807) is 24.3 Å². The molecular weight excluding hydrogens is 433 g/mol. The number of benzene rings is 2. The van der Waals surface area contributed by atoms with Gasteiger partial charge in [-0.25, -0.2) is 9.37 Å². The van der Waals surface area contributed by atoms with Crippen LogP contribution in [0.25, 0.3) is 0 Å². The van der Waals surface area contributed by atoms with Crippen LogP contribution >= 0.6 is 27.7 Å². The maximum atomic E-state index is 12.9. The highest BCUT2D eigenvalue weighted by atomic mass is 79.9. The number of halogens is 2. The van der Waals surface area contributed by atoms with Gasteiger partial charge in [-0.3, -0.25) is 9.59 Å². The van der Waals surface area contributed by atoms with E-state index in [0.717, 1.165) is 10.0 Å². The fourth-order valence-electron chi connectivity index (χ4n) is 2.28. The van der Waals surface area contributed by atoms with Crippen molar-refractivity contribution in [1.29, 1.82) is 0 Å². The Morgan fingerprint density at radius 2 is 1.85 bits per heavy atom. The fourth-order valence-corrected chi connectivity index (χ4v) is 3.39. The molecule has 3 aromatic rings. The molecule has 1 amide bonds. The third-order valence-corrected chi connectivity index (χ3v) is 5.00. The predicted octanol–water partition coefficient (Wildman–Crippen LogP) is 4.15. The smallest absolute Gasteiger partial charge is 0.251 e. The fraction of sp³-hybridized carbons (Fsp3) is 0.105. The van der Waals surface area contributed by atoms with Crippen molar-refractivity contribution >= 4 is 39.3 Å². The second kappa shape index (κ2) is 8.96. The Labute approximate surface area is 167 Å². The van der Waals surface area contributed by atoms with Crippen molar-refractivity contribution in [1.82, 2.24) is 9.97 Å². The summed E-state index contributed by atoms with van der Waals surface area (Å²) in [4.78, 5) is 31.0. The lowest BCUT2D eigenvalue weighted by Gasteiger charge is -2.06. The van der Waals surface area contributed by atoms with Crippen LogP contribution in [0.5, 0.6) is 0 Å². The van der Waals surface area contributed by atoms with E-state index in [1.165, 1.54) is 30.0 Å². The molecule has 0 saturated carbocycles. The first-order chi connectivity index (χ1) is 13.0. The van der Waals surface area contributed by atoms with Crippen LogP contribution in [0.1, 0.15) is 11.3 Å². The van der Waals surface area contributed by atoms with Gasteiger partial charge < -0.3 is 10.3 Å². The van der Waals surface area contributed by atoms with E-state index < -0.39 is 0 Å². The Morgan fingerprint density at radius 1 is 1.15 bits per heavy atom. The summed E-state index contributed by atoms with van der Waals surface area (Å²) in [6.45, 7) is 0. The number of carbonyl (C=O) groups is 1. The summed E-state index contributed by atoms with van der Waals surface area (Å²) in [5, 5.41) is 3.18. The van der Waals surface area contributed by atoms with Crippen LogP contribution < -0.4 is 10.9 Å². The van der Waals surface area contributed by atoms with Gasteiger partial charge in [0.2, 0.25) is 5.91 Å². The average molecular weight is 448 g/mol. The largest absolute Gasteiger partial charge is 0.326 e. The Kier molecular flexibility index (Phi) is 6.41. The summed E-state index contributed by atoms with van der Waals surface area (Å²) in [5.74, 6) is -0.0309. The van der Waals surface area contributed by atoms with E-state index in [4.69, 9.17) is 0 Å². The normalized spacial score (nSPS) is 10.6. The maximum absolute atomic E-state index is 12.9. The molecule has 0 bridgehead atoms. The number of carbonyl (C=O) groups excluding carboxylic acids is 1. The molecule has 0 aliphatic carbocycles. The van der Waals surface area contributed by atoms with Crippen LogP contribution in [-0.4, -0.2) is 15.9 Å². The molecule has 0 aliphatic heterocycles. The van der Waals surface area contributed by atoms with Crippen LogP contribution in [-0.2, 0) is 17.0 Å². The first-order valence-electron chi connectivity index (χ1n) is 8.01. The van der Waals surface area contributed by atoms with Crippen molar-refractivity contribution < 1.29 is 9.18 Å². The van der Waals surface area contributed by atoms with Gasteiger partial charge in [-0.2, -0.15) is 0 Å². The number of nitrogens with zero attached hydrogens (tertiary/aromatic N) is 1. The molecule has 1 heterocycles. The van der Waals surface area contributed by atoms with Crippen LogP contribution in [0.2, 0.25) is 0 Å². The second-order valence-electron chi connectivity index (χ2n) is 5.69. The molecule has 1 aromatic heterocycles. The molecule has 0 atom stereocenters. The first-order valence-corrected chi connectivity index (χ1v) is 9.79. The molecule has 8 heteroatoms. The number of amides is 1. The number of hydrogen-bond donors (Lipinski definition) is 2. The summed E-state index contributed by atoms with van der Waals surface area (Å²) < 4.78 is 13.9. The predicted molar refractivity (Wildman–Crippen MR) is 107 cm³/mol. The Morgan fingerprint density at radius 3 is 2.56 bits per heavy atom. The quantitative estimate of drug-likeness (QED) is 0.439. The second-order valence-corrected chi connectivity index (χ2v) is 7.57. The molecule has 138 valence electrons. The van der Waals surface area contributed by atoms with Crippen LogP contribution in [0.3, 0.4) is 0 Å². The average Bonchev–Trinajstić information content (AvgIpc) is 2.63. The molecule has 0 radical (unpaired) electrons. The Balaban J connectivity index is 1.63. The summed E-state index contributed by atoms with van der Waals surface area (Å²) in [5.41, 5.74) is 1.63. The third kappa shape index (κ3) is 6.04. The SMILES string of the molecule is O=C(Cc1cc(=O)[nH]c(SCc2ccc(F)cc2)n1)Nc1ccc(Br)cc1. The van der Waals surface area contributed by atoms with Gasteiger partial charge in [0, 0.05) is 22.0 Å². The monoisotopic (exact) mass is 447 g/mol. The molecule has 0 aliphatic rings. The Hall–Kier alpha value is -2.45. The third-order valence-electron chi connectivity index (χ3n) is 3.53. The summed E-state index contributed by atoms with van der Waals surface area (Å²) in [6, 6.07) is 14.6. The zero-order valence-corrected chi connectivity index (χ0v) is 16.4. The molecule has 0 unspecified atom stereocenters. The number of aromatic nitrogens is 2. The number of thioether (sulfide) groups is 1. The molecule has 3 rings (SSSR count). The minimum absolute atomic E-state index is 0.00983. The number of hydrogen-bond acceptors (Lipinski definition) is 4. The van der Waals surface area contributed by atoms with Crippen molar-refractivity contribution in [2.75, 3.05) is 5.32 Å². The first kappa shape index (κ1) is 19.3. The van der Waals surface area contributed by atoms with Crippen molar-refractivity contribution in [3.05, 3.63) is 86.5 Å². The maximum Gasteiger partial charge on any atom is 0.251 e. The molecule has 27 heavy (non-hydrogen) atoms. The van der Waals surface area contributed by atoms with Gasteiger partial charge in [0.15, 0.2) is 5.16 Å². The van der Waals surface area contributed by atoms with Crippen LogP contribution in [0.4, 0.5) is 10.1 Å². The zero-order chi connectivity index (χ0) is 19.2. The van der Waals surface area contributed by atoms with Crippen molar-refractivity contribution in [3.8, 4) is 0 Å².